The monoisotopic (exact) mass is 341 g/mol. The lowest BCUT2D eigenvalue weighted by Gasteiger charge is -2.26. The van der Waals surface area contributed by atoms with Crippen molar-refractivity contribution in [2.24, 2.45) is 0 Å². The first-order chi connectivity index (χ1) is 8.89. The van der Waals surface area contributed by atoms with Gasteiger partial charge in [-0.05, 0) is 30.5 Å². The lowest BCUT2D eigenvalue weighted by molar-refractivity contribution is 0.385. The quantitative estimate of drug-likeness (QED) is 0.712. The number of alkyl halides is 1. The van der Waals surface area contributed by atoms with E-state index in [0.717, 1.165) is 22.6 Å². The Hall–Kier alpha value is 0.250. The standard InChI is InChI=1S/C12H20ClNO2S3/c1-5-10(8-17-4)14(3)19(15,16)12-9(2)7-18-11(12)6-13/h7,10H,5-6,8H2,1-4H3. The molecule has 0 bridgehead atoms. The van der Waals surface area contributed by atoms with Crippen molar-refractivity contribution in [3.63, 3.8) is 0 Å². The number of rotatable bonds is 7. The molecule has 1 aromatic heterocycles. The highest BCUT2D eigenvalue weighted by Gasteiger charge is 2.30. The zero-order chi connectivity index (χ0) is 14.6. The van der Waals surface area contributed by atoms with Crippen LogP contribution in [0.4, 0.5) is 0 Å². The van der Waals surface area contributed by atoms with Gasteiger partial charge in [0.25, 0.3) is 0 Å². The van der Waals surface area contributed by atoms with E-state index in [1.807, 2.05) is 25.5 Å². The summed E-state index contributed by atoms with van der Waals surface area (Å²) in [6, 6.07) is 0.0162. The number of thioether (sulfide) groups is 1. The Morgan fingerprint density at radius 2 is 2.16 bits per heavy atom. The smallest absolute Gasteiger partial charge is 0.207 e. The summed E-state index contributed by atoms with van der Waals surface area (Å²) in [5.74, 6) is 1.03. The molecule has 0 aliphatic heterocycles. The summed E-state index contributed by atoms with van der Waals surface area (Å²) in [6.07, 6.45) is 2.79. The van der Waals surface area contributed by atoms with E-state index in [0.29, 0.717) is 4.90 Å². The molecule has 1 unspecified atom stereocenters. The average molecular weight is 342 g/mol. The van der Waals surface area contributed by atoms with Crippen molar-refractivity contribution < 1.29 is 8.42 Å². The summed E-state index contributed by atoms with van der Waals surface area (Å²) < 4.78 is 27.0. The van der Waals surface area contributed by atoms with Gasteiger partial charge in [0.2, 0.25) is 10.0 Å². The fraction of sp³-hybridized carbons (Fsp3) is 0.667. The largest absolute Gasteiger partial charge is 0.244 e. The topological polar surface area (TPSA) is 37.4 Å². The number of nitrogens with zero attached hydrogens (tertiary/aromatic N) is 1. The third-order valence-electron chi connectivity index (χ3n) is 3.09. The molecule has 110 valence electrons. The molecule has 0 saturated heterocycles. The molecule has 1 atom stereocenters. The zero-order valence-corrected chi connectivity index (χ0v) is 14.8. The van der Waals surface area contributed by atoms with E-state index in [4.69, 9.17) is 11.6 Å². The maximum atomic E-state index is 12.7. The Balaban J connectivity index is 3.19. The summed E-state index contributed by atoms with van der Waals surface area (Å²) in [6.45, 7) is 3.83. The minimum absolute atomic E-state index is 0.0162. The Morgan fingerprint density at radius 1 is 1.53 bits per heavy atom. The normalized spacial score (nSPS) is 14.0. The summed E-state index contributed by atoms with van der Waals surface area (Å²) in [4.78, 5) is 1.12. The zero-order valence-electron chi connectivity index (χ0n) is 11.6. The summed E-state index contributed by atoms with van der Waals surface area (Å²) in [5, 5.41) is 1.86. The molecule has 0 aliphatic rings. The number of sulfonamides is 1. The van der Waals surface area contributed by atoms with Crippen LogP contribution in [0.25, 0.3) is 0 Å². The molecule has 0 N–H and O–H groups in total. The highest BCUT2D eigenvalue weighted by molar-refractivity contribution is 7.98. The maximum Gasteiger partial charge on any atom is 0.244 e. The minimum atomic E-state index is -3.46. The van der Waals surface area contributed by atoms with Crippen molar-refractivity contribution in [3.05, 3.63) is 15.8 Å². The second-order valence-electron chi connectivity index (χ2n) is 4.34. The fourth-order valence-electron chi connectivity index (χ4n) is 1.94. The SMILES string of the molecule is CCC(CSC)N(C)S(=O)(=O)c1c(C)csc1CCl. The van der Waals surface area contributed by atoms with Crippen LogP contribution in [0, 0.1) is 6.92 Å². The van der Waals surface area contributed by atoms with Gasteiger partial charge in [0.05, 0.1) is 5.88 Å². The Morgan fingerprint density at radius 3 is 2.63 bits per heavy atom. The van der Waals surface area contributed by atoms with Crippen molar-refractivity contribution in [1.82, 2.24) is 4.31 Å². The highest BCUT2D eigenvalue weighted by Crippen LogP contribution is 2.31. The Bertz CT molecular complexity index is 513. The summed E-state index contributed by atoms with van der Waals surface area (Å²) >= 11 is 8.92. The van der Waals surface area contributed by atoms with E-state index >= 15 is 0 Å². The van der Waals surface area contributed by atoms with Crippen LogP contribution in [0.2, 0.25) is 0 Å². The van der Waals surface area contributed by atoms with Crippen molar-refractivity contribution in [2.75, 3.05) is 19.1 Å². The van der Waals surface area contributed by atoms with Crippen molar-refractivity contribution in [1.29, 1.82) is 0 Å². The number of halogens is 1. The molecule has 0 amide bonds. The van der Waals surface area contributed by atoms with Gasteiger partial charge in [-0.15, -0.1) is 22.9 Å². The third-order valence-corrected chi connectivity index (χ3v) is 7.61. The van der Waals surface area contributed by atoms with E-state index in [-0.39, 0.29) is 11.9 Å². The van der Waals surface area contributed by atoms with Gasteiger partial charge < -0.3 is 0 Å². The first-order valence-electron chi connectivity index (χ1n) is 6.00. The van der Waals surface area contributed by atoms with E-state index in [1.54, 1.807) is 18.8 Å². The fourth-order valence-corrected chi connectivity index (χ4v) is 6.31. The number of aryl methyl sites for hydroxylation is 1. The molecular weight excluding hydrogens is 322 g/mol. The summed E-state index contributed by atoms with van der Waals surface area (Å²) in [5.41, 5.74) is 0.784. The average Bonchev–Trinajstić information content (AvgIpc) is 2.76. The predicted molar refractivity (Wildman–Crippen MR) is 86.0 cm³/mol. The van der Waals surface area contributed by atoms with Crippen LogP contribution in [-0.4, -0.2) is 37.8 Å². The van der Waals surface area contributed by atoms with E-state index in [1.165, 1.54) is 15.6 Å². The predicted octanol–water partition coefficient (Wildman–Crippen LogP) is 3.56. The van der Waals surface area contributed by atoms with Crippen molar-refractivity contribution >= 4 is 44.7 Å². The number of hydrogen-bond donors (Lipinski definition) is 0. The van der Waals surface area contributed by atoms with Gasteiger partial charge in [0.15, 0.2) is 0 Å². The van der Waals surface area contributed by atoms with Gasteiger partial charge in [0.1, 0.15) is 4.90 Å². The first-order valence-corrected chi connectivity index (χ1v) is 10.2. The van der Waals surface area contributed by atoms with Gasteiger partial charge >= 0.3 is 0 Å². The molecule has 0 fully saturated rings. The first kappa shape index (κ1) is 17.3. The second-order valence-corrected chi connectivity index (χ2v) is 8.42. The van der Waals surface area contributed by atoms with Crippen LogP contribution in [0.5, 0.6) is 0 Å². The number of thiophene rings is 1. The molecule has 0 saturated carbocycles. The van der Waals surface area contributed by atoms with E-state index in [2.05, 4.69) is 0 Å². The van der Waals surface area contributed by atoms with Crippen LogP contribution in [0.3, 0.4) is 0 Å². The van der Waals surface area contributed by atoms with Gasteiger partial charge in [-0.1, -0.05) is 6.92 Å². The molecule has 3 nitrogen and oxygen atoms in total. The molecule has 1 aromatic rings. The molecule has 7 heteroatoms. The lowest BCUT2D eigenvalue weighted by atomic mass is 10.3. The molecule has 1 heterocycles. The van der Waals surface area contributed by atoms with Crippen LogP contribution >= 0.6 is 34.7 Å². The van der Waals surface area contributed by atoms with Crippen LogP contribution < -0.4 is 0 Å². The molecule has 0 radical (unpaired) electrons. The number of hydrogen-bond acceptors (Lipinski definition) is 4. The van der Waals surface area contributed by atoms with Crippen molar-refractivity contribution in [2.45, 2.75) is 37.1 Å². The van der Waals surface area contributed by atoms with Crippen LogP contribution in [0.15, 0.2) is 10.3 Å². The van der Waals surface area contributed by atoms with Gasteiger partial charge in [0, 0.05) is 23.7 Å². The summed E-state index contributed by atoms with van der Waals surface area (Å²) in [7, 11) is -1.80. The van der Waals surface area contributed by atoms with E-state index in [9.17, 15) is 8.42 Å². The molecule has 1 rings (SSSR count). The maximum absolute atomic E-state index is 12.7. The van der Waals surface area contributed by atoms with Crippen LogP contribution in [0.1, 0.15) is 23.8 Å². The molecule has 0 aliphatic carbocycles. The van der Waals surface area contributed by atoms with Gasteiger partial charge in [-0.3, -0.25) is 0 Å². The highest BCUT2D eigenvalue weighted by atomic mass is 35.5. The molecule has 0 aromatic carbocycles. The minimum Gasteiger partial charge on any atom is -0.207 e. The van der Waals surface area contributed by atoms with Crippen LogP contribution in [-0.2, 0) is 15.9 Å². The van der Waals surface area contributed by atoms with Gasteiger partial charge in [-0.2, -0.15) is 16.1 Å². The second kappa shape index (κ2) is 7.31. The molecule has 0 spiro atoms. The van der Waals surface area contributed by atoms with E-state index < -0.39 is 10.0 Å². The molecule has 19 heavy (non-hydrogen) atoms. The third kappa shape index (κ3) is 3.67. The Kier molecular flexibility index (Phi) is 6.66. The van der Waals surface area contributed by atoms with Crippen molar-refractivity contribution in [3.8, 4) is 0 Å². The Labute approximate surface area is 129 Å². The van der Waals surface area contributed by atoms with Gasteiger partial charge in [-0.25, -0.2) is 8.42 Å². The molecular formula is C12H20ClNO2S3. The lowest BCUT2D eigenvalue weighted by Crippen LogP contribution is -2.38.